The Morgan fingerprint density at radius 2 is 1.81 bits per heavy atom. The molecule has 1 atom stereocenters. The molecule has 0 N–H and O–H groups in total. The van der Waals surface area contributed by atoms with Crippen molar-refractivity contribution in [2.24, 2.45) is 0 Å². The largest absolute Gasteiger partial charge is 0.340 e. The Labute approximate surface area is 162 Å². The van der Waals surface area contributed by atoms with E-state index in [1.165, 1.54) is 8.61 Å². The fourth-order valence-corrected chi connectivity index (χ4v) is 5.28. The van der Waals surface area contributed by atoms with Gasteiger partial charge < -0.3 is 4.90 Å². The molecular weight excluding hydrogens is 364 g/mol. The molecule has 1 amide bonds. The predicted octanol–water partition coefficient (Wildman–Crippen LogP) is 0.992. The molecule has 27 heavy (non-hydrogen) atoms. The van der Waals surface area contributed by atoms with Crippen LogP contribution in [0, 0.1) is 0 Å². The first-order valence-electron chi connectivity index (χ1n) is 9.64. The van der Waals surface area contributed by atoms with Crippen LogP contribution in [-0.2, 0) is 21.5 Å². The molecule has 1 aromatic carbocycles. The number of amides is 1. The number of carbonyl (C=O) groups is 1. The molecule has 0 spiro atoms. The minimum Gasteiger partial charge on any atom is -0.340 e. The quantitative estimate of drug-likeness (QED) is 0.747. The van der Waals surface area contributed by atoms with Crippen LogP contribution in [-0.4, -0.2) is 85.6 Å². The van der Waals surface area contributed by atoms with Crippen LogP contribution in [0.15, 0.2) is 30.3 Å². The van der Waals surface area contributed by atoms with Crippen LogP contribution in [0.25, 0.3) is 0 Å². The predicted molar refractivity (Wildman–Crippen MR) is 105 cm³/mol. The van der Waals surface area contributed by atoms with Crippen LogP contribution in [0.5, 0.6) is 0 Å². The highest BCUT2D eigenvalue weighted by Gasteiger charge is 2.34. The van der Waals surface area contributed by atoms with Crippen LogP contribution in [0.2, 0.25) is 0 Å². The molecule has 3 rings (SSSR count). The average Bonchev–Trinajstić information content (AvgIpc) is 2.93. The van der Waals surface area contributed by atoms with E-state index in [2.05, 4.69) is 4.90 Å². The van der Waals surface area contributed by atoms with E-state index in [1.54, 1.807) is 7.05 Å². The van der Waals surface area contributed by atoms with E-state index in [9.17, 15) is 13.2 Å². The van der Waals surface area contributed by atoms with Crippen molar-refractivity contribution in [3.05, 3.63) is 35.9 Å². The maximum absolute atomic E-state index is 13.0. The maximum Gasteiger partial charge on any atom is 0.282 e. The van der Waals surface area contributed by atoms with E-state index in [4.69, 9.17) is 0 Å². The number of likely N-dealkylation sites (N-methyl/N-ethyl adjacent to an activating group) is 1. The molecule has 0 saturated carbocycles. The van der Waals surface area contributed by atoms with Crippen LogP contribution < -0.4 is 0 Å². The molecule has 2 aliphatic heterocycles. The Kier molecular flexibility index (Phi) is 6.52. The second kappa shape index (κ2) is 8.68. The minimum atomic E-state index is -3.54. The summed E-state index contributed by atoms with van der Waals surface area (Å²) in [5.74, 6) is 0.145. The molecule has 0 bridgehead atoms. The van der Waals surface area contributed by atoms with Gasteiger partial charge in [-0.25, -0.2) is 0 Å². The average molecular weight is 395 g/mol. The van der Waals surface area contributed by atoms with Crippen LogP contribution in [0.3, 0.4) is 0 Å². The first-order chi connectivity index (χ1) is 12.9. The molecule has 150 valence electrons. The van der Waals surface area contributed by atoms with Gasteiger partial charge in [-0.2, -0.15) is 17.0 Å². The summed E-state index contributed by atoms with van der Waals surface area (Å²) in [5, 5.41) is 0. The van der Waals surface area contributed by atoms with E-state index < -0.39 is 10.2 Å². The third-order valence-corrected chi connectivity index (χ3v) is 7.47. The van der Waals surface area contributed by atoms with Crippen molar-refractivity contribution in [2.75, 3.05) is 46.8 Å². The van der Waals surface area contributed by atoms with E-state index in [-0.39, 0.29) is 11.9 Å². The summed E-state index contributed by atoms with van der Waals surface area (Å²) in [6, 6.07) is 9.53. The van der Waals surface area contributed by atoms with Gasteiger partial charge in [-0.05, 0) is 38.4 Å². The number of rotatable bonds is 5. The van der Waals surface area contributed by atoms with Crippen molar-refractivity contribution < 1.29 is 13.2 Å². The Morgan fingerprint density at radius 1 is 1.07 bits per heavy atom. The van der Waals surface area contributed by atoms with Crippen molar-refractivity contribution in [2.45, 2.75) is 31.8 Å². The fourth-order valence-electron chi connectivity index (χ4n) is 3.90. The fraction of sp³-hybridized carbons (Fsp3) is 0.632. The van der Waals surface area contributed by atoms with Gasteiger partial charge in [-0.1, -0.05) is 30.3 Å². The van der Waals surface area contributed by atoms with Crippen molar-refractivity contribution >= 4 is 16.1 Å². The van der Waals surface area contributed by atoms with Crippen molar-refractivity contribution in [3.8, 4) is 0 Å². The van der Waals surface area contributed by atoms with Gasteiger partial charge in [-0.15, -0.1) is 0 Å². The number of hydrogen-bond donors (Lipinski definition) is 0. The molecule has 8 heteroatoms. The van der Waals surface area contributed by atoms with Gasteiger partial charge >= 0.3 is 0 Å². The van der Waals surface area contributed by atoms with Gasteiger partial charge in [0.25, 0.3) is 10.2 Å². The summed E-state index contributed by atoms with van der Waals surface area (Å²) >= 11 is 0. The van der Waals surface area contributed by atoms with Gasteiger partial charge in [0.1, 0.15) is 0 Å². The summed E-state index contributed by atoms with van der Waals surface area (Å²) in [4.78, 5) is 16.8. The lowest BCUT2D eigenvalue weighted by Crippen LogP contribution is -2.47. The summed E-state index contributed by atoms with van der Waals surface area (Å²) in [6.07, 6.45) is 2.61. The molecule has 2 fully saturated rings. The topological polar surface area (TPSA) is 64.2 Å². The van der Waals surface area contributed by atoms with Gasteiger partial charge in [0.15, 0.2) is 0 Å². The van der Waals surface area contributed by atoms with Crippen LogP contribution in [0.4, 0.5) is 0 Å². The number of likely N-dealkylation sites (tertiary alicyclic amines) is 1. The van der Waals surface area contributed by atoms with Crippen LogP contribution in [0.1, 0.15) is 24.8 Å². The Bertz CT molecular complexity index is 741. The lowest BCUT2D eigenvalue weighted by atomic mass is 10.2. The standard InChI is InChI=1S/C19H30N4O3S/c1-20-11-6-10-18(20)19(24)22-12-7-13-23(15-14-22)27(25,26)21(2)16-17-8-4-3-5-9-17/h3-5,8-9,18H,6-7,10-16H2,1-2H3/t18-/m0/s1. The number of nitrogens with zero attached hydrogens (tertiary/aromatic N) is 4. The summed E-state index contributed by atoms with van der Waals surface area (Å²) in [5.41, 5.74) is 0.958. The minimum absolute atomic E-state index is 0.0473. The normalized spacial score (nSPS) is 22.9. The van der Waals surface area contributed by atoms with E-state index in [0.29, 0.717) is 39.1 Å². The second-order valence-electron chi connectivity index (χ2n) is 7.47. The van der Waals surface area contributed by atoms with Crippen LogP contribution >= 0.6 is 0 Å². The molecule has 0 radical (unpaired) electrons. The highest BCUT2D eigenvalue weighted by atomic mass is 32.2. The molecular formula is C19H30N4O3S. The summed E-state index contributed by atoms with van der Waals surface area (Å²) in [7, 11) is 0.0593. The molecule has 0 aromatic heterocycles. The summed E-state index contributed by atoms with van der Waals surface area (Å²) in [6.45, 7) is 3.18. The monoisotopic (exact) mass is 394 g/mol. The third kappa shape index (κ3) is 4.68. The highest BCUT2D eigenvalue weighted by Crippen LogP contribution is 2.19. The second-order valence-corrected chi connectivity index (χ2v) is 9.50. The molecule has 1 aromatic rings. The zero-order valence-electron chi connectivity index (χ0n) is 16.2. The van der Waals surface area contributed by atoms with Gasteiger partial charge in [0.2, 0.25) is 5.91 Å². The number of carbonyl (C=O) groups excluding carboxylic acids is 1. The third-order valence-electron chi connectivity index (χ3n) is 5.54. The van der Waals surface area contributed by atoms with E-state index >= 15 is 0 Å². The molecule has 0 unspecified atom stereocenters. The van der Waals surface area contributed by atoms with Gasteiger partial charge in [0, 0.05) is 39.8 Å². The van der Waals surface area contributed by atoms with Crippen molar-refractivity contribution in [1.29, 1.82) is 0 Å². The smallest absolute Gasteiger partial charge is 0.282 e. The SMILES string of the molecule is CN1CCC[C@H]1C(=O)N1CCCN(S(=O)(=O)N(C)Cc2ccccc2)CC1. The van der Waals surface area contributed by atoms with Gasteiger partial charge in [0.05, 0.1) is 6.04 Å². The Balaban J connectivity index is 1.61. The zero-order chi connectivity index (χ0) is 19.4. The molecule has 0 aliphatic carbocycles. The molecule has 2 aliphatic rings. The van der Waals surface area contributed by atoms with E-state index in [0.717, 1.165) is 24.9 Å². The van der Waals surface area contributed by atoms with Gasteiger partial charge in [-0.3, -0.25) is 9.69 Å². The Hall–Kier alpha value is -1.48. The highest BCUT2D eigenvalue weighted by molar-refractivity contribution is 7.86. The Morgan fingerprint density at radius 3 is 2.48 bits per heavy atom. The number of benzene rings is 1. The van der Waals surface area contributed by atoms with E-state index in [1.807, 2.05) is 42.3 Å². The van der Waals surface area contributed by atoms with Crippen molar-refractivity contribution in [1.82, 2.24) is 18.4 Å². The lowest BCUT2D eigenvalue weighted by molar-refractivity contribution is -0.135. The lowest BCUT2D eigenvalue weighted by Gasteiger charge is -2.28. The first-order valence-corrected chi connectivity index (χ1v) is 11.0. The number of hydrogen-bond acceptors (Lipinski definition) is 4. The first kappa shape index (κ1) is 20.3. The molecule has 7 nitrogen and oxygen atoms in total. The maximum atomic E-state index is 13.0. The molecule has 2 heterocycles. The zero-order valence-corrected chi connectivity index (χ0v) is 17.1. The summed E-state index contributed by atoms with van der Waals surface area (Å²) < 4.78 is 28.8. The van der Waals surface area contributed by atoms with Crippen molar-refractivity contribution in [3.63, 3.8) is 0 Å². The molecule has 2 saturated heterocycles.